The molecular formula is C22H19N5O. The van der Waals surface area contributed by atoms with E-state index in [0.717, 1.165) is 22.0 Å². The largest absolute Gasteiger partial charge is 0.398 e. The van der Waals surface area contributed by atoms with Gasteiger partial charge in [0.2, 0.25) is 0 Å². The molecule has 0 radical (unpaired) electrons. The zero-order chi connectivity index (χ0) is 19.1. The minimum Gasteiger partial charge on any atom is -0.398 e. The van der Waals surface area contributed by atoms with Crippen LogP contribution in [0.3, 0.4) is 0 Å². The van der Waals surface area contributed by atoms with Crippen LogP contribution >= 0.6 is 0 Å². The molecule has 1 aliphatic carbocycles. The first-order valence-corrected chi connectivity index (χ1v) is 9.20. The third-order valence-electron chi connectivity index (χ3n) is 5.20. The summed E-state index contributed by atoms with van der Waals surface area (Å²) in [5.41, 5.74) is 10.4. The van der Waals surface area contributed by atoms with Crippen molar-refractivity contribution >= 4 is 22.4 Å². The van der Waals surface area contributed by atoms with Gasteiger partial charge >= 0.3 is 0 Å². The first-order valence-electron chi connectivity index (χ1n) is 9.20. The number of hydrogen-bond donors (Lipinski definition) is 3. The molecule has 0 bridgehead atoms. The Kier molecular flexibility index (Phi) is 3.91. The number of pyridine rings is 1. The number of anilines is 2. The minimum absolute atomic E-state index is 0.228. The number of nitrogens with one attached hydrogen (secondary N) is 1. The van der Waals surface area contributed by atoms with Crippen molar-refractivity contribution in [3.05, 3.63) is 78.1 Å². The van der Waals surface area contributed by atoms with Crippen LogP contribution < -0.4 is 11.1 Å². The number of benzene rings is 2. The monoisotopic (exact) mass is 369 g/mol. The fourth-order valence-electron chi connectivity index (χ4n) is 3.79. The molecule has 2 atom stereocenters. The number of aliphatic hydroxyl groups excluding tert-OH is 1. The average Bonchev–Trinajstić information content (AvgIpc) is 3.03. The number of fused-ring (bicyclic) bond motifs is 2. The van der Waals surface area contributed by atoms with E-state index in [1.165, 1.54) is 0 Å². The molecule has 0 amide bonds. The summed E-state index contributed by atoms with van der Waals surface area (Å²) >= 11 is 0. The van der Waals surface area contributed by atoms with Gasteiger partial charge in [0.25, 0.3) is 0 Å². The molecule has 0 fully saturated rings. The average molecular weight is 369 g/mol. The lowest BCUT2D eigenvalue weighted by molar-refractivity contribution is 0.165. The maximum Gasteiger partial charge on any atom is 0.165 e. The summed E-state index contributed by atoms with van der Waals surface area (Å²) in [6, 6.07) is 17.4. The molecule has 5 rings (SSSR count). The number of nitrogen functional groups attached to an aromatic ring is 1. The van der Waals surface area contributed by atoms with Crippen LogP contribution in [0.1, 0.15) is 17.2 Å². The van der Waals surface area contributed by atoms with Gasteiger partial charge in [-0.2, -0.15) is 0 Å². The highest BCUT2D eigenvalue weighted by atomic mass is 16.3. The smallest absolute Gasteiger partial charge is 0.165 e. The molecule has 2 aromatic heterocycles. The van der Waals surface area contributed by atoms with Crippen molar-refractivity contribution in [2.45, 2.75) is 18.6 Å². The third kappa shape index (κ3) is 2.75. The number of aromatic nitrogens is 3. The van der Waals surface area contributed by atoms with Crippen molar-refractivity contribution in [3.8, 4) is 11.4 Å². The van der Waals surface area contributed by atoms with Gasteiger partial charge in [-0.1, -0.05) is 36.4 Å². The lowest BCUT2D eigenvalue weighted by atomic mass is 10.1. The Bertz CT molecular complexity index is 1180. The first kappa shape index (κ1) is 16.6. The van der Waals surface area contributed by atoms with Crippen LogP contribution in [0.15, 0.2) is 67.0 Å². The van der Waals surface area contributed by atoms with Crippen molar-refractivity contribution in [2.24, 2.45) is 0 Å². The molecule has 4 aromatic rings. The molecule has 6 nitrogen and oxygen atoms in total. The second-order valence-corrected chi connectivity index (χ2v) is 6.97. The van der Waals surface area contributed by atoms with E-state index in [2.05, 4.69) is 21.4 Å². The summed E-state index contributed by atoms with van der Waals surface area (Å²) in [6.07, 6.45) is 3.42. The van der Waals surface area contributed by atoms with E-state index in [0.29, 0.717) is 29.3 Å². The van der Waals surface area contributed by atoms with Crippen molar-refractivity contribution in [3.63, 3.8) is 0 Å². The van der Waals surface area contributed by atoms with Gasteiger partial charge in [-0.3, -0.25) is 4.98 Å². The number of rotatable bonds is 3. The Morgan fingerprint density at radius 1 is 1.00 bits per heavy atom. The van der Waals surface area contributed by atoms with Gasteiger partial charge in [-0.15, -0.1) is 0 Å². The van der Waals surface area contributed by atoms with E-state index < -0.39 is 6.10 Å². The summed E-state index contributed by atoms with van der Waals surface area (Å²) in [5, 5.41) is 15.0. The quantitative estimate of drug-likeness (QED) is 0.512. The zero-order valence-electron chi connectivity index (χ0n) is 15.1. The third-order valence-corrected chi connectivity index (χ3v) is 5.20. The van der Waals surface area contributed by atoms with Crippen LogP contribution in [0.2, 0.25) is 0 Å². The number of nitrogens with zero attached hydrogens (tertiary/aromatic N) is 3. The maximum atomic E-state index is 10.6. The van der Waals surface area contributed by atoms with E-state index in [4.69, 9.17) is 10.7 Å². The highest BCUT2D eigenvalue weighted by molar-refractivity contribution is 5.91. The van der Waals surface area contributed by atoms with E-state index in [9.17, 15) is 5.11 Å². The normalized spacial score (nSPS) is 18.2. The van der Waals surface area contributed by atoms with E-state index in [-0.39, 0.29) is 6.04 Å². The van der Waals surface area contributed by atoms with E-state index in [1.54, 1.807) is 18.5 Å². The van der Waals surface area contributed by atoms with Gasteiger partial charge in [0, 0.05) is 29.9 Å². The molecule has 2 heterocycles. The minimum atomic E-state index is -0.516. The van der Waals surface area contributed by atoms with Gasteiger partial charge in [-0.25, -0.2) is 9.97 Å². The molecule has 0 saturated heterocycles. The fourth-order valence-corrected chi connectivity index (χ4v) is 3.79. The molecule has 0 spiro atoms. The topological polar surface area (TPSA) is 97.0 Å². The van der Waals surface area contributed by atoms with Crippen LogP contribution in [0.5, 0.6) is 0 Å². The Labute approximate surface area is 162 Å². The summed E-state index contributed by atoms with van der Waals surface area (Å²) < 4.78 is 0. The molecule has 2 aromatic carbocycles. The Balaban J connectivity index is 1.64. The molecule has 28 heavy (non-hydrogen) atoms. The molecule has 0 saturated carbocycles. The van der Waals surface area contributed by atoms with Crippen LogP contribution in [0.25, 0.3) is 22.3 Å². The highest BCUT2D eigenvalue weighted by Gasteiger charge is 2.31. The Morgan fingerprint density at radius 3 is 2.71 bits per heavy atom. The first-order chi connectivity index (χ1) is 13.7. The van der Waals surface area contributed by atoms with Crippen LogP contribution in [0, 0.1) is 0 Å². The van der Waals surface area contributed by atoms with E-state index >= 15 is 0 Å². The Hall–Kier alpha value is -3.51. The molecule has 138 valence electrons. The van der Waals surface area contributed by atoms with Crippen molar-refractivity contribution in [1.82, 2.24) is 15.0 Å². The van der Waals surface area contributed by atoms with Gasteiger partial charge in [-0.05, 0) is 29.3 Å². The van der Waals surface area contributed by atoms with Crippen LogP contribution in [-0.4, -0.2) is 26.2 Å². The molecule has 0 unspecified atom stereocenters. The van der Waals surface area contributed by atoms with Crippen molar-refractivity contribution < 1.29 is 5.11 Å². The molecular weight excluding hydrogens is 350 g/mol. The second kappa shape index (κ2) is 6.58. The van der Waals surface area contributed by atoms with Crippen molar-refractivity contribution in [2.75, 3.05) is 11.1 Å². The number of para-hydroxylation sites is 1. The summed E-state index contributed by atoms with van der Waals surface area (Å²) in [6.45, 7) is 0. The van der Waals surface area contributed by atoms with Crippen molar-refractivity contribution in [1.29, 1.82) is 0 Å². The number of hydrogen-bond acceptors (Lipinski definition) is 6. The number of nitrogens with two attached hydrogens (primary N) is 1. The summed E-state index contributed by atoms with van der Waals surface area (Å²) in [5.74, 6) is 1.18. The molecule has 4 N–H and O–H groups in total. The predicted octanol–water partition coefficient (Wildman–Crippen LogP) is 3.34. The van der Waals surface area contributed by atoms with Gasteiger partial charge < -0.3 is 16.2 Å². The van der Waals surface area contributed by atoms with Gasteiger partial charge in [0.15, 0.2) is 5.82 Å². The fraction of sp³-hybridized carbons (Fsp3) is 0.136. The molecule has 6 heteroatoms. The van der Waals surface area contributed by atoms with Crippen LogP contribution in [-0.2, 0) is 6.42 Å². The van der Waals surface area contributed by atoms with Gasteiger partial charge in [0.05, 0.1) is 23.2 Å². The maximum absolute atomic E-state index is 10.6. The van der Waals surface area contributed by atoms with Gasteiger partial charge in [0.1, 0.15) is 5.82 Å². The van der Waals surface area contributed by atoms with Crippen LogP contribution in [0.4, 0.5) is 11.5 Å². The molecule has 1 aliphatic rings. The summed E-state index contributed by atoms with van der Waals surface area (Å²) in [4.78, 5) is 13.6. The molecule has 0 aliphatic heterocycles. The number of aliphatic hydroxyl groups is 1. The second-order valence-electron chi connectivity index (χ2n) is 6.97. The van der Waals surface area contributed by atoms with E-state index in [1.807, 2.05) is 42.5 Å². The lowest BCUT2D eigenvalue weighted by Gasteiger charge is -2.20. The highest BCUT2D eigenvalue weighted by Crippen LogP contribution is 2.36. The summed E-state index contributed by atoms with van der Waals surface area (Å²) in [7, 11) is 0. The lowest BCUT2D eigenvalue weighted by Crippen LogP contribution is -2.22. The predicted molar refractivity (Wildman–Crippen MR) is 110 cm³/mol. The Morgan fingerprint density at radius 2 is 1.82 bits per heavy atom. The standard InChI is InChI=1S/C22H19N5O/c23-17-9-10-24-12-16(17)22-25-18-8-4-3-7-15(18)21(27-22)26-20-14-6-2-1-5-13(14)11-19(20)28/h1-10,12,19-20,28H,11H2,(H2,23,24)(H,25,26,27)/t19-,20+/m1/s1. The zero-order valence-corrected chi connectivity index (χ0v) is 15.1. The SMILES string of the molecule is Nc1ccncc1-c1nc(N[C@H]2c3ccccc3C[C@H]2O)c2ccccc2n1.